The second kappa shape index (κ2) is 3.98. The van der Waals surface area contributed by atoms with Crippen molar-refractivity contribution in [3.8, 4) is 5.75 Å². The van der Waals surface area contributed by atoms with E-state index in [1.807, 2.05) is 0 Å². The molecule has 0 spiro atoms. The third-order valence-corrected chi connectivity index (χ3v) is 4.20. The summed E-state index contributed by atoms with van der Waals surface area (Å²) in [5.74, 6) is 0.260. The van der Waals surface area contributed by atoms with Crippen LogP contribution in [-0.4, -0.2) is 10.2 Å². The van der Waals surface area contributed by atoms with Crippen LogP contribution in [0.3, 0.4) is 0 Å². The number of aromatic hydroxyl groups is 1. The summed E-state index contributed by atoms with van der Waals surface area (Å²) in [6, 6.07) is 0. The van der Waals surface area contributed by atoms with Crippen molar-refractivity contribution in [3.63, 3.8) is 0 Å². The van der Waals surface area contributed by atoms with E-state index in [4.69, 9.17) is 5.11 Å². The molecule has 1 aromatic carbocycles. The highest BCUT2D eigenvalue weighted by Crippen LogP contribution is 2.38. The Labute approximate surface area is 93.8 Å². The molecule has 0 saturated carbocycles. The molecule has 13 heavy (non-hydrogen) atoms. The van der Waals surface area contributed by atoms with Crippen molar-refractivity contribution in [1.82, 2.24) is 0 Å². The highest BCUT2D eigenvalue weighted by atomic mass is 79.9. The van der Waals surface area contributed by atoms with Crippen LogP contribution in [0.15, 0.2) is 8.95 Å². The van der Waals surface area contributed by atoms with Gasteiger partial charge in [0.05, 0.1) is 6.61 Å². The van der Waals surface area contributed by atoms with Crippen molar-refractivity contribution >= 4 is 31.9 Å². The maximum atomic E-state index is 9.65. The molecule has 2 N–H and O–H groups in total. The molecule has 0 aliphatic heterocycles. The maximum Gasteiger partial charge on any atom is 0.123 e. The number of phenolic OH excluding ortho intramolecular Hbond substituents is 1. The van der Waals surface area contributed by atoms with E-state index in [1.54, 1.807) is 13.8 Å². The average Bonchev–Trinajstić information content (AvgIpc) is 2.13. The van der Waals surface area contributed by atoms with Gasteiger partial charge in [-0.15, -0.1) is 0 Å². The molecule has 1 aromatic rings. The van der Waals surface area contributed by atoms with Gasteiger partial charge >= 0.3 is 0 Å². The van der Waals surface area contributed by atoms with Gasteiger partial charge < -0.3 is 10.2 Å². The van der Waals surface area contributed by atoms with E-state index in [2.05, 4.69) is 31.9 Å². The molecule has 0 bridgehead atoms. The number of hydrogen-bond donors (Lipinski definition) is 2. The van der Waals surface area contributed by atoms with Crippen LogP contribution in [0.1, 0.15) is 16.7 Å². The molecule has 2 nitrogen and oxygen atoms in total. The van der Waals surface area contributed by atoms with E-state index in [0.717, 1.165) is 25.6 Å². The first-order valence-electron chi connectivity index (χ1n) is 3.77. The van der Waals surface area contributed by atoms with Gasteiger partial charge in [-0.1, -0.05) is 0 Å². The zero-order chi connectivity index (χ0) is 10.2. The molecule has 0 aliphatic rings. The Bertz CT molecular complexity index is 319. The Morgan fingerprint density at radius 3 is 1.77 bits per heavy atom. The standard InChI is InChI=1S/C9H10Br2O2/c1-4-7(10)6(3-12)8(11)5(2)9(4)13/h12-13H,3H2,1-2H3. The minimum absolute atomic E-state index is 0.0525. The lowest BCUT2D eigenvalue weighted by Crippen LogP contribution is -1.94. The first kappa shape index (κ1) is 11.0. The number of phenols is 1. The Hall–Kier alpha value is -0.0600. The van der Waals surface area contributed by atoms with Gasteiger partial charge in [0, 0.05) is 25.6 Å². The van der Waals surface area contributed by atoms with Gasteiger partial charge in [0.25, 0.3) is 0 Å². The average molecular weight is 310 g/mol. The first-order valence-corrected chi connectivity index (χ1v) is 5.36. The summed E-state index contributed by atoms with van der Waals surface area (Å²) in [5, 5.41) is 18.7. The van der Waals surface area contributed by atoms with Crippen LogP contribution in [0.2, 0.25) is 0 Å². The van der Waals surface area contributed by atoms with Crippen molar-refractivity contribution < 1.29 is 10.2 Å². The van der Waals surface area contributed by atoms with Crippen LogP contribution < -0.4 is 0 Å². The Kier molecular flexibility index (Phi) is 3.38. The lowest BCUT2D eigenvalue weighted by atomic mass is 10.1. The number of hydrogen-bond acceptors (Lipinski definition) is 2. The Morgan fingerprint density at radius 1 is 1.08 bits per heavy atom. The van der Waals surface area contributed by atoms with Gasteiger partial charge in [-0.25, -0.2) is 0 Å². The summed E-state index contributed by atoms with van der Waals surface area (Å²) < 4.78 is 1.51. The monoisotopic (exact) mass is 308 g/mol. The van der Waals surface area contributed by atoms with Crippen LogP contribution in [-0.2, 0) is 6.61 Å². The van der Waals surface area contributed by atoms with Crippen molar-refractivity contribution in [2.24, 2.45) is 0 Å². The Morgan fingerprint density at radius 2 is 1.46 bits per heavy atom. The molecular weight excluding hydrogens is 300 g/mol. The van der Waals surface area contributed by atoms with Gasteiger partial charge in [0.1, 0.15) is 5.75 Å². The summed E-state index contributed by atoms with van der Waals surface area (Å²) in [6.45, 7) is 3.55. The molecule has 0 aromatic heterocycles. The van der Waals surface area contributed by atoms with Gasteiger partial charge in [0.15, 0.2) is 0 Å². The van der Waals surface area contributed by atoms with E-state index in [9.17, 15) is 5.11 Å². The second-order valence-electron chi connectivity index (χ2n) is 2.86. The van der Waals surface area contributed by atoms with Crippen LogP contribution in [0.25, 0.3) is 0 Å². The molecule has 0 unspecified atom stereocenters. The fraction of sp³-hybridized carbons (Fsp3) is 0.333. The fourth-order valence-electron chi connectivity index (χ4n) is 1.18. The lowest BCUT2D eigenvalue weighted by Gasteiger charge is -2.13. The molecule has 0 heterocycles. The van der Waals surface area contributed by atoms with Crippen LogP contribution in [0, 0.1) is 13.8 Å². The molecular formula is C9H10Br2O2. The molecule has 72 valence electrons. The highest BCUT2D eigenvalue weighted by molar-refractivity contribution is 9.11. The largest absolute Gasteiger partial charge is 0.507 e. The minimum Gasteiger partial charge on any atom is -0.507 e. The minimum atomic E-state index is -0.0525. The van der Waals surface area contributed by atoms with Gasteiger partial charge in [0.2, 0.25) is 0 Å². The van der Waals surface area contributed by atoms with E-state index in [1.165, 1.54) is 0 Å². The van der Waals surface area contributed by atoms with E-state index >= 15 is 0 Å². The van der Waals surface area contributed by atoms with Crippen molar-refractivity contribution in [3.05, 3.63) is 25.6 Å². The van der Waals surface area contributed by atoms with Crippen molar-refractivity contribution in [1.29, 1.82) is 0 Å². The SMILES string of the molecule is Cc1c(O)c(C)c(Br)c(CO)c1Br. The van der Waals surface area contributed by atoms with Crippen LogP contribution >= 0.6 is 31.9 Å². The van der Waals surface area contributed by atoms with Gasteiger partial charge in [-0.3, -0.25) is 0 Å². The lowest BCUT2D eigenvalue weighted by molar-refractivity contribution is 0.280. The quantitative estimate of drug-likeness (QED) is 0.837. The molecule has 0 fully saturated rings. The Balaban J connectivity index is 3.56. The predicted molar refractivity (Wildman–Crippen MR) is 58.9 cm³/mol. The molecule has 4 heteroatoms. The van der Waals surface area contributed by atoms with E-state index < -0.39 is 0 Å². The summed E-state index contributed by atoms with van der Waals surface area (Å²) in [7, 11) is 0. The normalized spacial score (nSPS) is 10.5. The maximum absolute atomic E-state index is 9.65. The third kappa shape index (κ3) is 1.75. The number of halogens is 2. The third-order valence-electron chi connectivity index (χ3n) is 2.06. The van der Waals surface area contributed by atoms with E-state index in [-0.39, 0.29) is 12.4 Å². The predicted octanol–water partition coefficient (Wildman–Crippen LogP) is 3.03. The number of rotatable bonds is 1. The van der Waals surface area contributed by atoms with Gasteiger partial charge in [-0.2, -0.15) is 0 Å². The van der Waals surface area contributed by atoms with E-state index in [0.29, 0.717) is 0 Å². The zero-order valence-electron chi connectivity index (χ0n) is 7.36. The summed E-state index contributed by atoms with van der Waals surface area (Å²) in [4.78, 5) is 0. The molecule has 0 radical (unpaired) electrons. The number of benzene rings is 1. The fourth-order valence-corrected chi connectivity index (χ4v) is 2.47. The summed E-state index contributed by atoms with van der Waals surface area (Å²) in [6.07, 6.45) is 0. The smallest absolute Gasteiger partial charge is 0.123 e. The molecule has 0 atom stereocenters. The zero-order valence-corrected chi connectivity index (χ0v) is 10.5. The van der Waals surface area contributed by atoms with Crippen molar-refractivity contribution in [2.45, 2.75) is 20.5 Å². The molecule has 1 rings (SSSR count). The highest BCUT2D eigenvalue weighted by Gasteiger charge is 2.14. The number of aliphatic hydroxyl groups is 1. The summed E-state index contributed by atoms with van der Waals surface area (Å²) in [5.41, 5.74) is 2.28. The first-order chi connectivity index (χ1) is 6.00. The molecule has 0 saturated heterocycles. The second-order valence-corrected chi connectivity index (χ2v) is 4.45. The topological polar surface area (TPSA) is 40.5 Å². The molecule has 0 aliphatic carbocycles. The van der Waals surface area contributed by atoms with Crippen molar-refractivity contribution in [2.75, 3.05) is 0 Å². The number of aliphatic hydroxyl groups excluding tert-OH is 1. The summed E-state index contributed by atoms with van der Waals surface area (Å²) >= 11 is 6.65. The molecule has 0 amide bonds. The van der Waals surface area contributed by atoms with Gasteiger partial charge in [-0.05, 0) is 45.7 Å². The van der Waals surface area contributed by atoms with Crippen LogP contribution in [0.4, 0.5) is 0 Å². The van der Waals surface area contributed by atoms with Crippen LogP contribution in [0.5, 0.6) is 5.75 Å².